The molecule has 0 unspecified atom stereocenters. The normalized spacial score (nSPS) is 12.7. The Balaban J connectivity index is 1.51. The monoisotopic (exact) mass is 347 g/mol. The molecule has 0 bridgehead atoms. The van der Waals surface area contributed by atoms with Gasteiger partial charge in [-0.1, -0.05) is 36.4 Å². The highest BCUT2D eigenvalue weighted by atomic mass is 19.1. The van der Waals surface area contributed by atoms with E-state index in [-0.39, 0.29) is 11.7 Å². The molecule has 4 nitrogen and oxygen atoms in total. The summed E-state index contributed by atoms with van der Waals surface area (Å²) in [5, 5.41) is 3.16. The van der Waals surface area contributed by atoms with Gasteiger partial charge >= 0.3 is 0 Å². The minimum Gasteiger partial charge on any atom is -0.381 e. The number of pyridine rings is 1. The van der Waals surface area contributed by atoms with E-state index in [2.05, 4.69) is 10.3 Å². The molecule has 1 aliphatic heterocycles. The van der Waals surface area contributed by atoms with Crippen molar-refractivity contribution in [3.05, 3.63) is 89.5 Å². The second kappa shape index (κ2) is 6.96. The molecule has 0 atom stereocenters. The van der Waals surface area contributed by atoms with Crippen LogP contribution in [0, 0.1) is 5.82 Å². The average Bonchev–Trinajstić information content (AvgIpc) is 3.11. The number of amides is 1. The number of rotatable bonds is 4. The van der Waals surface area contributed by atoms with E-state index in [1.807, 2.05) is 24.3 Å². The van der Waals surface area contributed by atoms with Gasteiger partial charge in [0.1, 0.15) is 11.5 Å². The number of hydrogen-bond acceptors (Lipinski definition) is 3. The first-order valence-corrected chi connectivity index (χ1v) is 8.55. The molecule has 0 saturated heterocycles. The van der Waals surface area contributed by atoms with Gasteiger partial charge in [-0.2, -0.15) is 0 Å². The summed E-state index contributed by atoms with van der Waals surface area (Å²) in [6, 6.07) is 18.0. The van der Waals surface area contributed by atoms with Gasteiger partial charge in [0.2, 0.25) is 0 Å². The van der Waals surface area contributed by atoms with Crippen LogP contribution in [0.2, 0.25) is 0 Å². The molecule has 0 radical (unpaired) electrons. The number of nitrogens with zero attached hydrogens (tertiary/aromatic N) is 2. The molecule has 26 heavy (non-hydrogen) atoms. The van der Waals surface area contributed by atoms with Crippen molar-refractivity contribution in [2.75, 3.05) is 16.8 Å². The Hall–Kier alpha value is -3.21. The van der Waals surface area contributed by atoms with Gasteiger partial charge in [-0.25, -0.2) is 4.39 Å². The van der Waals surface area contributed by atoms with Crippen LogP contribution in [0.1, 0.15) is 21.6 Å². The van der Waals surface area contributed by atoms with Gasteiger partial charge < -0.3 is 10.2 Å². The van der Waals surface area contributed by atoms with Crippen LogP contribution in [0.15, 0.2) is 66.9 Å². The minimum atomic E-state index is -0.251. The summed E-state index contributed by atoms with van der Waals surface area (Å²) in [4.78, 5) is 18.9. The van der Waals surface area contributed by atoms with Gasteiger partial charge in [0, 0.05) is 36.2 Å². The van der Waals surface area contributed by atoms with Gasteiger partial charge in [-0.05, 0) is 36.2 Å². The molecule has 3 aromatic rings. The Bertz CT molecular complexity index is 957. The van der Waals surface area contributed by atoms with Gasteiger partial charge in [0.25, 0.3) is 5.91 Å². The highest BCUT2D eigenvalue weighted by Crippen LogP contribution is 2.28. The van der Waals surface area contributed by atoms with Crippen LogP contribution >= 0.6 is 0 Å². The van der Waals surface area contributed by atoms with E-state index in [9.17, 15) is 9.18 Å². The highest BCUT2D eigenvalue weighted by molar-refractivity contribution is 6.06. The van der Waals surface area contributed by atoms with E-state index in [0.29, 0.717) is 24.3 Å². The third-order valence-corrected chi connectivity index (χ3v) is 4.55. The third kappa shape index (κ3) is 3.16. The first-order chi connectivity index (χ1) is 12.7. The fraction of sp³-hybridized carbons (Fsp3) is 0.143. The van der Waals surface area contributed by atoms with Crippen LogP contribution in [0.5, 0.6) is 0 Å². The average molecular weight is 347 g/mol. The fourth-order valence-corrected chi connectivity index (χ4v) is 3.18. The van der Waals surface area contributed by atoms with E-state index < -0.39 is 0 Å². The van der Waals surface area contributed by atoms with Crippen LogP contribution in [-0.4, -0.2) is 17.4 Å². The van der Waals surface area contributed by atoms with Crippen molar-refractivity contribution in [3.63, 3.8) is 0 Å². The Morgan fingerprint density at radius 3 is 2.81 bits per heavy atom. The molecule has 2 heterocycles. The summed E-state index contributed by atoms with van der Waals surface area (Å²) in [5.74, 6) is -0.372. The van der Waals surface area contributed by atoms with Gasteiger partial charge in [-0.15, -0.1) is 0 Å². The number of halogens is 1. The quantitative estimate of drug-likeness (QED) is 0.775. The van der Waals surface area contributed by atoms with Crippen LogP contribution in [0.25, 0.3) is 0 Å². The van der Waals surface area contributed by atoms with Crippen LogP contribution < -0.4 is 10.2 Å². The number of aromatic nitrogens is 1. The first-order valence-electron chi connectivity index (χ1n) is 8.55. The molecular formula is C21H18FN3O. The third-order valence-electron chi connectivity index (χ3n) is 4.55. The van der Waals surface area contributed by atoms with Gasteiger partial charge in [0.05, 0.1) is 0 Å². The molecule has 0 saturated carbocycles. The predicted molar refractivity (Wildman–Crippen MR) is 99.8 cm³/mol. The zero-order valence-corrected chi connectivity index (χ0v) is 14.2. The van der Waals surface area contributed by atoms with Crippen molar-refractivity contribution < 1.29 is 9.18 Å². The number of para-hydroxylation sites is 1. The number of fused-ring (bicyclic) bond motifs is 1. The summed E-state index contributed by atoms with van der Waals surface area (Å²) in [6.07, 6.45) is 2.45. The molecular weight excluding hydrogens is 329 g/mol. The van der Waals surface area contributed by atoms with Crippen molar-refractivity contribution >= 4 is 17.3 Å². The topological polar surface area (TPSA) is 45.2 Å². The lowest BCUT2D eigenvalue weighted by atomic mass is 10.2. The summed E-state index contributed by atoms with van der Waals surface area (Å²) in [5.41, 5.74) is 3.81. The second-order valence-electron chi connectivity index (χ2n) is 6.21. The molecule has 1 N–H and O–H groups in total. The SMILES string of the molecule is O=C(c1cc(NCc2ccccc2F)ccn1)N1CCc2ccccc21. The van der Waals surface area contributed by atoms with Crippen LogP contribution in [0.3, 0.4) is 0 Å². The molecule has 5 heteroatoms. The van der Waals surface area contributed by atoms with Crippen molar-refractivity contribution in [1.29, 1.82) is 0 Å². The number of benzene rings is 2. The molecule has 0 spiro atoms. The predicted octanol–water partition coefficient (Wildman–Crippen LogP) is 4.04. The number of hydrogen-bond donors (Lipinski definition) is 1. The van der Waals surface area contributed by atoms with Gasteiger partial charge in [0.15, 0.2) is 0 Å². The van der Waals surface area contributed by atoms with Crippen molar-refractivity contribution in [2.45, 2.75) is 13.0 Å². The number of carbonyl (C=O) groups excluding carboxylic acids is 1. The Kier molecular flexibility index (Phi) is 4.35. The molecule has 2 aromatic carbocycles. The van der Waals surface area contributed by atoms with E-state index in [1.54, 1.807) is 41.4 Å². The molecule has 1 aromatic heterocycles. The lowest BCUT2D eigenvalue weighted by Crippen LogP contribution is -2.29. The Morgan fingerprint density at radius 2 is 1.92 bits per heavy atom. The lowest BCUT2D eigenvalue weighted by molar-refractivity contribution is 0.0984. The first kappa shape index (κ1) is 16.3. The maximum Gasteiger partial charge on any atom is 0.276 e. The second-order valence-corrected chi connectivity index (χ2v) is 6.21. The van der Waals surface area contributed by atoms with Crippen molar-refractivity contribution in [1.82, 2.24) is 4.98 Å². The molecule has 0 fully saturated rings. The standard InChI is InChI=1S/C21H18FN3O/c22-18-7-3-1-6-16(18)14-24-17-9-11-23-19(13-17)21(26)25-12-10-15-5-2-4-8-20(15)25/h1-9,11,13H,10,12,14H2,(H,23,24). The summed E-state index contributed by atoms with van der Waals surface area (Å²) in [6.45, 7) is 1.00. The summed E-state index contributed by atoms with van der Waals surface area (Å²) < 4.78 is 13.7. The van der Waals surface area contributed by atoms with E-state index in [1.165, 1.54) is 11.6 Å². The number of nitrogens with one attached hydrogen (secondary N) is 1. The fourth-order valence-electron chi connectivity index (χ4n) is 3.18. The van der Waals surface area contributed by atoms with E-state index in [4.69, 9.17) is 0 Å². The Morgan fingerprint density at radius 1 is 1.12 bits per heavy atom. The van der Waals surface area contributed by atoms with Crippen LogP contribution in [0.4, 0.5) is 15.8 Å². The summed E-state index contributed by atoms with van der Waals surface area (Å²) >= 11 is 0. The lowest BCUT2D eigenvalue weighted by Gasteiger charge is -2.17. The van der Waals surface area contributed by atoms with Crippen molar-refractivity contribution in [3.8, 4) is 0 Å². The minimum absolute atomic E-state index is 0.121. The number of anilines is 2. The zero-order valence-electron chi connectivity index (χ0n) is 14.2. The maximum atomic E-state index is 13.7. The molecule has 1 amide bonds. The highest BCUT2D eigenvalue weighted by Gasteiger charge is 2.25. The van der Waals surface area contributed by atoms with E-state index in [0.717, 1.165) is 17.8 Å². The molecule has 0 aliphatic carbocycles. The van der Waals surface area contributed by atoms with Crippen LogP contribution in [-0.2, 0) is 13.0 Å². The summed E-state index contributed by atoms with van der Waals surface area (Å²) in [7, 11) is 0. The maximum absolute atomic E-state index is 13.7. The largest absolute Gasteiger partial charge is 0.381 e. The number of carbonyl (C=O) groups is 1. The zero-order chi connectivity index (χ0) is 17.9. The Labute approximate surface area is 151 Å². The molecule has 1 aliphatic rings. The molecule has 4 rings (SSSR count). The van der Waals surface area contributed by atoms with E-state index >= 15 is 0 Å². The molecule has 130 valence electrons. The van der Waals surface area contributed by atoms with Crippen molar-refractivity contribution in [2.24, 2.45) is 0 Å². The van der Waals surface area contributed by atoms with Gasteiger partial charge in [-0.3, -0.25) is 9.78 Å². The smallest absolute Gasteiger partial charge is 0.276 e.